The van der Waals surface area contributed by atoms with Gasteiger partial charge in [-0.25, -0.2) is 18.4 Å². The Labute approximate surface area is 174 Å². The van der Waals surface area contributed by atoms with Crippen molar-refractivity contribution in [3.05, 3.63) is 23.9 Å². The monoisotopic (exact) mass is 498 g/mol. The minimum absolute atomic E-state index is 0. The summed E-state index contributed by atoms with van der Waals surface area (Å²) in [6, 6.07) is 3.80. The average molecular weight is 498 g/mol. The molecule has 0 aliphatic heterocycles. The summed E-state index contributed by atoms with van der Waals surface area (Å²) in [6.07, 6.45) is 4.40. The molecule has 150 valence electrons. The van der Waals surface area contributed by atoms with Gasteiger partial charge in [0.05, 0.1) is 18.9 Å². The highest BCUT2D eigenvalue weighted by Gasteiger charge is 2.10. The summed E-state index contributed by atoms with van der Waals surface area (Å²) >= 11 is 0. The van der Waals surface area contributed by atoms with Gasteiger partial charge in [0.1, 0.15) is 9.84 Å². The molecule has 1 aromatic rings. The number of guanidine groups is 1. The lowest BCUT2D eigenvalue weighted by atomic mass is 10.2. The molecule has 0 spiro atoms. The van der Waals surface area contributed by atoms with Gasteiger partial charge in [-0.3, -0.25) is 0 Å². The van der Waals surface area contributed by atoms with E-state index in [-0.39, 0.29) is 35.8 Å². The quantitative estimate of drug-likeness (QED) is 0.293. The van der Waals surface area contributed by atoms with E-state index >= 15 is 0 Å². The lowest BCUT2D eigenvalue weighted by Gasteiger charge is -2.17. The van der Waals surface area contributed by atoms with Gasteiger partial charge < -0.3 is 15.4 Å². The molecule has 1 unspecified atom stereocenters. The lowest BCUT2D eigenvalue weighted by Crippen LogP contribution is -2.42. The van der Waals surface area contributed by atoms with E-state index in [1.807, 2.05) is 32.9 Å². The molecule has 0 saturated heterocycles. The van der Waals surface area contributed by atoms with Gasteiger partial charge in [0.25, 0.3) is 0 Å². The van der Waals surface area contributed by atoms with Crippen molar-refractivity contribution in [2.45, 2.75) is 46.2 Å². The third-order valence-corrected chi connectivity index (χ3v) is 4.33. The van der Waals surface area contributed by atoms with Crippen LogP contribution in [0.25, 0.3) is 0 Å². The van der Waals surface area contributed by atoms with E-state index in [0.717, 1.165) is 18.5 Å². The molecular weight excluding hydrogens is 467 g/mol. The van der Waals surface area contributed by atoms with Crippen molar-refractivity contribution in [2.75, 3.05) is 25.2 Å². The Morgan fingerprint density at radius 2 is 2.12 bits per heavy atom. The van der Waals surface area contributed by atoms with Gasteiger partial charge in [-0.1, -0.05) is 13.0 Å². The van der Waals surface area contributed by atoms with E-state index in [4.69, 9.17) is 4.74 Å². The van der Waals surface area contributed by atoms with Crippen LogP contribution in [0.3, 0.4) is 0 Å². The number of sulfone groups is 1. The Morgan fingerprint density at radius 1 is 1.38 bits per heavy atom. The number of aromatic nitrogens is 1. The number of pyridine rings is 1. The molecule has 1 rings (SSSR count). The SMILES string of the molecule is CCCOc1ncccc1CN=C(NCC)NC(C)CCS(C)(=O)=O.I. The molecule has 0 bridgehead atoms. The number of hydrogen-bond acceptors (Lipinski definition) is 5. The first-order valence-corrected chi connectivity index (χ1v) is 10.7. The van der Waals surface area contributed by atoms with Gasteiger partial charge in [-0.05, 0) is 32.8 Å². The summed E-state index contributed by atoms with van der Waals surface area (Å²) in [5, 5.41) is 6.41. The van der Waals surface area contributed by atoms with Crippen molar-refractivity contribution in [3.63, 3.8) is 0 Å². The first kappa shape index (κ1) is 24.9. The zero-order valence-corrected chi connectivity index (χ0v) is 19.1. The van der Waals surface area contributed by atoms with Gasteiger partial charge in [-0.2, -0.15) is 0 Å². The number of hydrogen-bond donors (Lipinski definition) is 2. The molecular formula is C17H31IN4O3S. The second-order valence-electron chi connectivity index (χ2n) is 5.98. The van der Waals surface area contributed by atoms with Crippen LogP contribution < -0.4 is 15.4 Å². The molecule has 26 heavy (non-hydrogen) atoms. The Hall–Kier alpha value is -1.10. The highest BCUT2D eigenvalue weighted by atomic mass is 127. The molecule has 0 aliphatic rings. The smallest absolute Gasteiger partial charge is 0.218 e. The molecule has 0 aliphatic carbocycles. The van der Waals surface area contributed by atoms with Crippen LogP contribution in [0, 0.1) is 0 Å². The zero-order chi connectivity index (χ0) is 18.7. The number of nitrogens with zero attached hydrogens (tertiary/aromatic N) is 2. The van der Waals surface area contributed by atoms with Crippen LogP contribution in [-0.2, 0) is 16.4 Å². The van der Waals surface area contributed by atoms with E-state index in [1.54, 1.807) is 6.20 Å². The van der Waals surface area contributed by atoms with Crippen molar-refractivity contribution in [3.8, 4) is 5.88 Å². The molecule has 1 heterocycles. The fourth-order valence-electron chi connectivity index (χ4n) is 2.05. The lowest BCUT2D eigenvalue weighted by molar-refractivity contribution is 0.302. The van der Waals surface area contributed by atoms with Crippen LogP contribution in [0.15, 0.2) is 23.3 Å². The first-order valence-electron chi connectivity index (χ1n) is 8.65. The maximum absolute atomic E-state index is 11.3. The molecule has 0 aromatic carbocycles. The fraction of sp³-hybridized carbons (Fsp3) is 0.647. The van der Waals surface area contributed by atoms with Crippen molar-refractivity contribution in [1.29, 1.82) is 0 Å². The first-order chi connectivity index (χ1) is 11.9. The summed E-state index contributed by atoms with van der Waals surface area (Å²) in [4.78, 5) is 8.82. The molecule has 1 aromatic heterocycles. The van der Waals surface area contributed by atoms with Gasteiger partial charge >= 0.3 is 0 Å². The van der Waals surface area contributed by atoms with Crippen molar-refractivity contribution in [2.24, 2.45) is 4.99 Å². The molecule has 9 heteroatoms. The number of ether oxygens (including phenoxy) is 1. The van der Waals surface area contributed by atoms with E-state index < -0.39 is 9.84 Å². The maximum Gasteiger partial charge on any atom is 0.218 e. The number of rotatable bonds is 10. The highest BCUT2D eigenvalue weighted by molar-refractivity contribution is 14.0. The standard InChI is InChI=1S/C17H30N4O3S.HI/c1-5-11-24-16-15(8-7-10-19-16)13-20-17(18-6-2)21-14(3)9-12-25(4,22)23;/h7-8,10,14H,5-6,9,11-13H2,1-4H3,(H2,18,20,21);1H. The second-order valence-corrected chi connectivity index (χ2v) is 8.23. The molecule has 2 N–H and O–H groups in total. The maximum atomic E-state index is 11.3. The predicted octanol–water partition coefficient (Wildman–Crippen LogP) is 2.37. The van der Waals surface area contributed by atoms with Crippen LogP contribution >= 0.6 is 24.0 Å². The minimum Gasteiger partial charge on any atom is -0.477 e. The van der Waals surface area contributed by atoms with Crippen LogP contribution in [0.5, 0.6) is 5.88 Å². The van der Waals surface area contributed by atoms with Gasteiger partial charge in [0, 0.05) is 30.6 Å². The molecule has 0 amide bonds. The fourth-order valence-corrected chi connectivity index (χ4v) is 2.84. The van der Waals surface area contributed by atoms with Gasteiger partial charge in [0.2, 0.25) is 5.88 Å². The van der Waals surface area contributed by atoms with E-state index in [2.05, 4.69) is 20.6 Å². The topological polar surface area (TPSA) is 92.7 Å². The van der Waals surface area contributed by atoms with E-state index in [9.17, 15) is 8.42 Å². The second kappa shape index (κ2) is 13.1. The summed E-state index contributed by atoms with van der Waals surface area (Å²) in [5.74, 6) is 1.40. The van der Waals surface area contributed by atoms with Gasteiger partial charge in [0.15, 0.2) is 5.96 Å². The molecule has 7 nitrogen and oxygen atoms in total. The Kier molecular flexibility index (Phi) is 12.6. The molecule has 0 fully saturated rings. The summed E-state index contributed by atoms with van der Waals surface area (Å²) in [7, 11) is -2.96. The van der Waals surface area contributed by atoms with E-state index in [0.29, 0.717) is 31.4 Å². The highest BCUT2D eigenvalue weighted by Crippen LogP contribution is 2.15. The van der Waals surface area contributed by atoms with Gasteiger partial charge in [-0.15, -0.1) is 24.0 Å². The summed E-state index contributed by atoms with van der Waals surface area (Å²) < 4.78 is 28.2. The Balaban J connectivity index is 0.00000625. The van der Waals surface area contributed by atoms with Crippen LogP contribution in [0.1, 0.15) is 39.2 Å². The zero-order valence-electron chi connectivity index (χ0n) is 16.0. The van der Waals surface area contributed by atoms with Crippen LogP contribution in [-0.4, -0.2) is 50.6 Å². The predicted molar refractivity (Wildman–Crippen MR) is 117 cm³/mol. The summed E-state index contributed by atoms with van der Waals surface area (Å²) in [6.45, 7) is 7.74. The Bertz CT molecular complexity index is 653. The van der Waals surface area contributed by atoms with Crippen molar-refractivity contribution in [1.82, 2.24) is 15.6 Å². The molecule has 1 atom stereocenters. The molecule has 0 saturated carbocycles. The Morgan fingerprint density at radius 3 is 2.73 bits per heavy atom. The third kappa shape index (κ3) is 10.8. The van der Waals surface area contributed by atoms with Crippen molar-refractivity contribution < 1.29 is 13.2 Å². The van der Waals surface area contributed by atoms with Crippen LogP contribution in [0.2, 0.25) is 0 Å². The average Bonchev–Trinajstić information content (AvgIpc) is 2.56. The normalized spacial score (nSPS) is 12.8. The number of nitrogens with one attached hydrogen (secondary N) is 2. The molecule has 0 radical (unpaired) electrons. The third-order valence-electron chi connectivity index (χ3n) is 3.35. The number of halogens is 1. The van der Waals surface area contributed by atoms with Crippen LogP contribution in [0.4, 0.5) is 0 Å². The number of aliphatic imine (C=N–C) groups is 1. The minimum atomic E-state index is -2.96. The van der Waals surface area contributed by atoms with Crippen molar-refractivity contribution >= 4 is 39.8 Å². The largest absolute Gasteiger partial charge is 0.477 e. The summed E-state index contributed by atoms with van der Waals surface area (Å²) in [5.41, 5.74) is 0.914. The van der Waals surface area contributed by atoms with E-state index in [1.165, 1.54) is 6.26 Å².